The number of hydrogen-bond acceptors (Lipinski definition) is 2. The Bertz CT molecular complexity index is 593. The molecule has 0 fully saturated rings. The monoisotopic (exact) mass is 389 g/mol. The second-order valence-corrected chi connectivity index (χ2v) is 6.55. The second-order valence-electron chi connectivity index (χ2n) is 4.79. The zero-order valence-corrected chi connectivity index (χ0v) is 15.1. The first-order valence-corrected chi connectivity index (χ1v) is 8.52. The summed E-state index contributed by atoms with van der Waals surface area (Å²) in [6.07, 6.45) is 2.71. The fourth-order valence-corrected chi connectivity index (χ4v) is 3.50. The fourth-order valence-electron chi connectivity index (χ4n) is 2.37. The van der Waals surface area contributed by atoms with Crippen molar-refractivity contribution in [2.75, 3.05) is 6.54 Å². The lowest BCUT2D eigenvalue weighted by Gasteiger charge is -2.21. The third-order valence-corrected chi connectivity index (χ3v) is 4.14. The van der Waals surface area contributed by atoms with Crippen LogP contribution in [0.1, 0.15) is 37.6 Å². The summed E-state index contributed by atoms with van der Waals surface area (Å²) in [5, 5.41) is 9.22. The zero-order chi connectivity index (χ0) is 15.4. The van der Waals surface area contributed by atoms with Crippen molar-refractivity contribution in [2.24, 2.45) is 0 Å². The molecular weight excluding hydrogens is 373 g/mol. The van der Waals surface area contributed by atoms with E-state index in [2.05, 4.69) is 46.3 Å². The molecule has 0 aliphatic rings. The van der Waals surface area contributed by atoms with Gasteiger partial charge < -0.3 is 5.32 Å². The highest BCUT2D eigenvalue weighted by Gasteiger charge is 2.22. The highest BCUT2D eigenvalue weighted by Crippen LogP contribution is 2.31. The Hall–Kier alpha value is -0.550. The van der Waals surface area contributed by atoms with E-state index in [4.69, 9.17) is 23.2 Å². The van der Waals surface area contributed by atoms with E-state index in [1.807, 2.05) is 16.8 Å². The molecule has 1 atom stereocenters. The molecule has 3 nitrogen and oxygen atoms in total. The van der Waals surface area contributed by atoms with E-state index in [9.17, 15) is 0 Å². The van der Waals surface area contributed by atoms with Gasteiger partial charge in [-0.2, -0.15) is 5.10 Å². The maximum Gasteiger partial charge on any atom is 0.0837 e. The Morgan fingerprint density at radius 2 is 2.05 bits per heavy atom. The Balaban J connectivity index is 2.50. The van der Waals surface area contributed by atoms with Crippen LogP contribution in [0.2, 0.25) is 10.0 Å². The zero-order valence-electron chi connectivity index (χ0n) is 12.0. The molecule has 0 amide bonds. The van der Waals surface area contributed by atoms with Crippen LogP contribution < -0.4 is 5.32 Å². The number of benzene rings is 1. The summed E-state index contributed by atoms with van der Waals surface area (Å²) in [5.41, 5.74) is 2.05. The number of rotatable bonds is 6. The predicted molar refractivity (Wildman–Crippen MR) is 92.2 cm³/mol. The van der Waals surface area contributed by atoms with Crippen molar-refractivity contribution < 1.29 is 0 Å². The van der Waals surface area contributed by atoms with Gasteiger partial charge in [0.15, 0.2) is 0 Å². The molecule has 0 saturated heterocycles. The largest absolute Gasteiger partial charge is 0.305 e. The van der Waals surface area contributed by atoms with Gasteiger partial charge in [0.05, 0.1) is 23.0 Å². The summed E-state index contributed by atoms with van der Waals surface area (Å²) in [5.74, 6) is 0. The topological polar surface area (TPSA) is 29.9 Å². The maximum absolute atomic E-state index is 6.37. The van der Waals surface area contributed by atoms with Crippen LogP contribution in [-0.2, 0) is 6.54 Å². The first kappa shape index (κ1) is 16.8. The first-order valence-electron chi connectivity index (χ1n) is 6.97. The Kier molecular flexibility index (Phi) is 6.11. The van der Waals surface area contributed by atoms with Gasteiger partial charge in [0, 0.05) is 16.0 Å². The average molecular weight is 391 g/mol. The van der Waals surface area contributed by atoms with Gasteiger partial charge in [0.25, 0.3) is 0 Å². The molecule has 0 aliphatic carbocycles. The lowest BCUT2D eigenvalue weighted by atomic mass is 10.0. The summed E-state index contributed by atoms with van der Waals surface area (Å²) in [7, 11) is 0. The molecule has 0 saturated carbocycles. The molecule has 1 heterocycles. The van der Waals surface area contributed by atoms with Crippen molar-refractivity contribution >= 4 is 39.1 Å². The van der Waals surface area contributed by atoms with Gasteiger partial charge in [0.1, 0.15) is 0 Å². The van der Waals surface area contributed by atoms with Gasteiger partial charge in [-0.25, -0.2) is 0 Å². The summed E-state index contributed by atoms with van der Waals surface area (Å²) in [6.45, 7) is 5.85. The van der Waals surface area contributed by atoms with Crippen LogP contribution in [0.25, 0.3) is 0 Å². The number of nitrogens with one attached hydrogen (secondary N) is 1. The second kappa shape index (κ2) is 7.63. The first-order chi connectivity index (χ1) is 10.1. The quantitative estimate of drug-likeness (QED) is 0.746. The molecule has 1 aromatic heterocycles. The van der Waals surface area contributed by atoms with Gasteiger partial charge in [-0.15, -0.1) is 0 Å². The molecule has 0 radical (unpaired) electrons. The van der Waals surface area contributed by atoms with Crippen molar-refractivity contribution in [2.45, 2.75) is 32.9 Å². The Morgan fingerprint density at radius 3 is 2.67 bits per heavy atom. The molecule has 0 spiro atoms. The van der Waals surface area contributed by atoms with Crippen LogP contribution in [0, 0.1) is 0 Å². The molecule has 1 unspecified atom stereocenters. The summed E-state index contributed by atoms with van der Waals surface area (Å²) in [6, 6.07) is 5.85. The minimum Gasteiger partial charge on any atom is -0.305 e. The number of nitrogens with zero attached hydrogens (tertiary/aromatic N) is 2. The lowest BCUT2D eigenvalue weighted by molar-refractivity contribution is 0.520. The standard InChI is InChI=1S/C15H18BrCl2N3/c1-3-5-21-15(13(18)9-20-21)14(19-4-2)10-6-11(16)8-12(17)7-10/h6-9,14,19H,3-5H2,1-2H3. The molecule has 1 N–H and O–H groups in total. The van der Waals surface area contributed by atoms with E-state index in [-0.39, 0.29) is 6.04 Å². The van der Waals surface area contributed by atoms with Crippen LogP contribution in [-0.4, -0.2) is 16.3 Å². The molecule has 1 aromatic carbocycles. The molecule has 2 rings (SSSR count). The van der Waals surface area contributed by atoms with E-state index in [1.165, 1.54) is 0 Å². The molecule has 6 heteroatoms. The highest BCUT2D eigenvalue weighted by molar-refractivity contribution is 9.10. The van der Waals surface area contributed by atoms with Gasteiger partial charge >= 0.3 is 0 Å². The highest BCUT2D eigenvalue weighted by atomic mass is 79.9. The van der Waals surface area contributed by atoms with Crippen molar-refractivity contribution in [3.63, 3.8) is 0 Å². The van der Waals surface area contributed by atoms with E-state index in [0.717, 1.165) is 35.2 Å². The number of hydrogen-bond donors (Lipinski definition) is 1. The van der Waals surface area contributed by atoms with E-state index in [0.29, 0.717) is 10.0 Å². The van der Waals surface area contributed by atoms with E-state index >= 15 is 0 Å². The third kappa shape index (κ3) is 4.01. The number of halogens is 3. The van der Waals surface area contributed by atoms with E-state index < -0.39 is 0 Å². The Morgan fingerprint density at radius 1 is 1.29 bits per heavy atom. The van der Waals surface area contributed by atoms with Crippen LogP contribution in [0.15, 0.2) is 28.9 Å². The number of aryl methyl sites for hydroxylation is 1. The summed E-state index contributed by atoms with van der Waals surface area (Å²) < 4.78 is 2.91. The normalized spacial score (nSPS) is 12.6. The third-order valence-electron chi connectivity index (χ3n) is 3.17. The SMILES string of the molecule is CCCn1ncc(Cl)c1C(NCC)c1cc(Cl)cc(Br)c1. The minimum atomic E-state index is -0.0356. The van der Waals surface area contributed by atoms with Crippen LogP contribution >= 0.6 is 39.1 Å². The van der Waals surface area contributed by atoms with Gasteiger partial charge in [-0.1, -0.05) is 53.0 Å². The van der Waals surface area contributed by atoms with Gasteiger partial charge in [0.2, 0.25) is 0 Å². The molecule has 114 valence electrons. The average Bonchev–Trinajstić information content (AvgIpc) is 2.77. The van der Waals surface area contributed by atoms with Crippen LogP contribution in [0.4, 0.5) is 0 Å². The maximum atomic E-state index is 6.37. The fraction of sp³-hybridized carbons (Fsp3) is 0.400. The van der Waals surface area contributed by atoms with Gasteiger partial charge in [-0.05, 0) is 36.7 Å². The van der Waals surface area contributed by atoms with Crippen molar-refractivity contribution in [1.82, 2.24) is 15.1 Å². The lowest BCUT2D eigenvalue weighted by Crippen LogP contribution is -2.25. The number of aromatic nitrogens is 2. The summed E-state index contributed by atoms with van der Waals surface area (Å²) >= 11 is 16.1. The minimum absolute atomic E-state index is 0.0356. The predicted octanol–water partition coefficient (Wildman–Crippen LogP) is 5.06. The molecule has 2 aromatic rings. The molecule has 0 bridgehead atoms. The van der Waals surface area contributed by atoms with Gasteiger partial charge in [-0.3, -0.25) is 4.68 Å². The van der Waals surface area contributed by atoms with E-state index in [1.54, 1.807) is 6.20 Å². The van der Waals surface area contributed by atoms with Crippen molar-refractivity contribution in [3.8, 4) is 0 Å². The molecule has 21 heavy (non-hydrogen) atoms. The van der Waals surface area contributed by atoms with Crippen molar-refractivity contribution in [1.29, 1.82) is 0 Å². The molecular formula is C15H18BrCl2N3. The molecule has 0 aliphatic heterocycles. The van der Waals surface area contributed by atoms with Crippen LogP contribution in [0.5, 0.6) is 0 Å². The van der Waals surface area contributed by atoms with Crippen molar-refractivity contribution in [3.05, 3.63) is 50.2 Å². The summed E-state index contributed by atoms with van der Waals surface area (Å²) in [4.78, 5) is 0. The van der Waals surface area contributed by atoms with Crippen LogP contribution in [0.3, 0.4) is 0 Å². The Labute approximate surface area is 143 Å². The smallest absolute Gasteiger partial charge is 0.0837 e.